The standard InChI is InChI=1S/C22H28FN5O3/c1-15(29)28-11-5-6-19(28)22-24-17(12-20(25-22)26(2)3)13-27(4)21(30)14-31-18-9-7-16(23)8-10-18/h7-10,12,19H,5-6,11,13-14H2,1-4H3/t19-/m0/s1. The second-order valence-electron chi connectivity index (χ2n) is 7.83. The number of halogens is 1. The Hall–Kier alpha value is -3.23. The molecule has 1 fully saturated rings. The van der Waals surface area contributed by atoms with Gasteiger partial charge < -0.3 is 19.4 Å². The summed E-state index contributed by atoms with van der Waals surface area (Å²) in [6.07, 6.45) is 1.73. The molecule has 0 unspecified atom stereocenters. The second-order valence-corrected chi connectivity index (χ2v) is 7.83. The fourth-order valence-electron chi connectivity index (χ4n) is 3.49. The number of likely N-dealkylation sites (N-methyl/N-ethyl adjacent to an activating group) is 1. The Labute approximate surface area is 181 Å². The predicted molar refractivity (Wildman–Crippen MR) is 114 cm³/mol. The van der Waals surface area contributed by atoms with E-state index in [0.29, 0.717) is 23.8 Å². The second kappa shape index (κ2) is 9.72. The minimum Gasteiger partial charge on any atom is -0.484 e. The van der Waals surface area contributed by atoms with E-state index in [4.69, 9.17) is 4.74 Å². The summed E-state index contributed by atoms with van der Waals surface area (Å²) in [5, 5.41) is 0. The molecule has 2 heterocycles. The Morgan fingerprint density at radius 2 is 1.90 bits per heavy atom. The normalized spacial score (nSPS) is 15.6. The van der Waals surface area contributed by atoms with Gasteiger partial charge in [0.15, 0.2) is 12.4 Å². The molecule has 0 radical (unpaired) electrons. The van der Waals surface area contributed by atoms with Gasteiger partial charge in [0.2, 0.25) is 5.91 Å². The van der Waals surface area contributed by atoms with E-state index in [9.17, 15) is 14.0 Å². The molecule has 9 heteroatoms. The summed E-state index contributed by atoms with van der Waals surface area (Å²) in [6.45, 7) is 2.36. The van der Waals surface area contributed by atoms with E-state index in [0.717, 1.165) is 18.7 Å². The Morgan fingerprint density at radius 1 is 1.19 bits per heavy atom. The lowest BCUT2D eigenvalue weighted by molar-refractivity contribution is -0.132. The fraction of sp³-hybridized carbons (Fsp3) is 0.455. The van der Waals surface area contributed by atoms with Gasteiger partial charge in [0.1, 0.15) is 17.4 Å². The maximum atomic E-state index is 13.0. The van der Waals surface area contributed by atoms with Crippen LogP contribution in [0.15, 0.2) is 30.3 Å². The van der Waals surface area contributed by atoms with Gasteiger partial charge in [-0.25, -0.2) is 14.4 Å². The lowest BCUT2D eigenvalue weighted by Crippen LogP contribution is -2.32. The van der Waals surface area contributed by atoms with Gasteiger partial charge in [0.25, 0.3) is 5.91 Å². The molecule has 0 spiro atoms. The first kappa shape index (κ1) is 22.5. The molecule has 0 aliphatic carbocycles. The van der Waals surface area contributed by atoms with E-state index in [1.165, 1.54) is 29.2 Å². The van der Waals surface area contributed by atoms with Crippen LogP contribution in [-0.2, 0) is 16.1 Å². The van der Waals surface area contributed by atoms with Crippen LogP contribution < -0.4 is 9.64 Å². The summed E-state index contributed by atoms with van der Waals surface area (Å²) in [5.74, 6) is 1.15. The smallest absolute Gasteiger partial charge is 0.260 e. The monoisotopic (exact) mass is 429 g/mol. The number of ether oxygens (including phenoxy) is 1. The minimum absolute atomic E-state index is 0.00754. The summed E-state index contributed by atoms with van der Waals surface area (Å²) >= 11 is 0. The van der Waals surface area contributed by atoms with Crippen molar-refractivity contribution in [1.29, 1.82) is 0 Å². The molecule has 1 aromatic heterocycles. The number of benzene rings is 1. The van der Waals surface area contributed by atoms with Crippen molar-refractivity contribution in [1.82, 2.24) is 19.8 Å². The van der Waals surface area contributed by atoms with Crippen molar-refractivity contribution in [3.8, 4) is 5.75 Å². The highest BCUT2D eigenvalue weighted by Gasteiger charge is 2.31. The number of nitrogens with zero attached hydrogens (tertiary/aromatic N) is 5. The van der Waals surface area contributed by atoms with Crippen molar-refractivity contribution in [3.63, 3.8) is 0 Å². The van der Waals surface area contributed by atoms with Crippen molar-refractivity contribution in [2.24, 2.45) is 0 Å². The third-order valence-corrected chi connectivity index (χ3v) is 5.20. The number of carbonyl (C=O) groups is 2. The number of amides is 2. The predicted octanol–water partition coefficient (Wildman–Crippen LogP) is 2.40. The quantitative estimate of drug-likeness (QED) is 0.673. The van der Waals surface area contributed by atoms with Gasteiger partial charge in [-0.1, -0.05) is 0 Å². The molecule has 1 saturated heterocycles. The first-order valence-corrected chi connectivity index (χ1v) is 10.2. The van der Waals surface area contributed by atoms with Crippen LogP contribution in [0.4, 0.5) is 10.2 Å². The third kappa shape index (κ3) is 5.68. The number of rotatable bonds is 7. The van der Waals surface area contributed by atoms with Crippen LogP contribution >= 0.6 is 0 Å². The molecule has 2 amide bonds. The highest BCUT2D eigenvalue weighted by atomic mass is 19.1. The summed E-state index contributed by atoms with van der Waals surface area (Å²) < 4.78 is 18.4. The zero-order valence-electron chi connectivity index (χ0n) is 18.3. The summed E-state index contributed by atoms with van der Waals surface area (Å²) in [7, 11) is 5.45. The first-order chi connectivity index (χ1) is 14.7. The minimum atomic E-state index is -0.363. The van der Waals surface area contributed by atoms with Crippen LogP contribution in [0.2, 0.25) is 0 Å². The SMILES string of the molecule is CC(=O)N1CCC[C@H]1c1nc(CN(C)C(=O)COc2ccc(F)cc2)cc(N(C)C)n1. The number of hydrogen-bond donors (Lipinski definition) is 0. The lowest BCUT2D eigenvalue weighted by atomic mass is 10.2. The highest BCUT2D eigenvalue weighted by Crippen LogP contribution is 2.31. The lowest BCUT2D eigenvalue weighted by Gasteiger charge is -2.24. The largest absolute Gasteiger partial charge is 0.484 e. The average molecular weight is 429 g/mol. The molecule has 31 heavy (non-hydrogen) atoms. The van der Waals surface area contributed by atoms with E-state index in [2.05, 4.69) is 9.97 Å². The molecule has 1 aliphatic heterocycles. The van der Waals surface area contributed by atoms with E-state index < -0.39 is 0 Å². The van der Waals surface area contributed by atoms with Gasteiger partial charge in [0.05, 0.1) is 18.3 Å². The van der Waals surface area contributed by atoms with Crippen molar-refractivity contribution < 1.29 is 18.7 Å². The Bertz CT molecular complexity index is 935. The number of hydrogen-bond acceptors (Lipinski definition) is 6. The van der Waals surface area contributed by atoms with Crippen LogP contribution in [-0.4, -0.2) is 65.9 Å². The molecule has 2 aromatic rings. The van der Waals surface area contributed by atoms with Crippen LogP contribution in [0.1, 0.15) is 37.3 Å². The Kier molecular flexibility index (Phi) is 7.04. The van der Waals surface area contributed by atoms with Crippen LogP contribution in [0.25, 0.3) is 0 Å². The topological polar surface area (TPSA) is 78.9 Å². The van der Waals surface area contributed by atoms with Gasteiger partial charge >= 0.3 is 0 Å². The molecule has 0 N–H and O–H groups in total. The molecule has 0 bridgehead atoms. The van der Waals surface area contributed by atoms with Gasteiger partial charge in [-0.15, -0.1) is 0 Å². The molecular weight excluding hydrogens is 401 g/mol. The van der Waals surface area contributed by atoms with Crippen molar-refractivity contribution in [2.45, 2.75) is 32.4 Å². The molecule has 1 aromatic carbocycles. The number of anilines is 1. The van der Waals surface area contributed by atoms with Gasteiger partial charge in [0, 0.05) is 40.7 Å². The number of aromatic nitrogens is 2. The highest BCUT2D eigenvalue weighted by molar-refractivity contribution is 5.77. The van der Waals surface area contributed by atoms with Crippen LogP contribution in [0, 0.1) is 5.82 Å². The summed E-state index contributed by atoms with van der Waals surface area (Å²) in [5.41, 5.74) is 0.682. The summed E-state index contributed by atoms with van der Waals surface area (Å²) in [4.78, 5) is 39.0. The van der Waals surface area contributed by atoms with Crippen molar-refractivity contribution in [2.75, 3.05) is 39.2 Å². The summed E-state index contributed by atoms with van der Waals surface area (Å²) in [6, 6.07) is 7.19. The molecule has 1 atom stereocenters. The maximum absolute atomic E-state index is 13.0. The van der Waals surface area contributed by atoms with E-state index in [1.807, 2.05) is 25.1 Å². The van der Waals surface area contributed by atoms with E-state index in [-0.39, 0.29) is 36.8 Å². The molecule has 1 aliphatic rings. The Morgan fingerprint density at radius 3 is 2.55 bits per heavy atom. The number of likely N-dealkylation sites (tertiary alicyclic amines) is 1. The molecule has 8 nitrogen and oxygen atoms in total. The number of carbonyl (C=O) groups excluding carboxylic acids is 2. The molecule has 166 valence electrons. The molecule has 3 rings (SSSR count). The molecule has 0 saturated carbocycles. The maximum Gasteiger partial charge on any atom is 0.260 e. The first-order valence-electron chi connectivity index (χ1n) is 10.2. The van der Waals surface area contributed by atoms with Crippen LogP contribution in [0.3, 0.4) is 0 Å². The fourth-order valence-corrected chi connectivity index (χ4v) is 3.49. The Balaban J connectivity index is 1.72. The third-order valence-electron chi connectivity index (χ3n) is 5.20. The van der Waals surface area contributed by atoms with Crippen molar-refractivity contribution >= 4 is 17.6 Å². The van der Waals surface area contributed by atoms with E-state index in [1.54, 1.807) is 18.9 Å². The van der Waals surface area contributed by atoms with E-state index >= 15 is 0 Å². The van der Waals surface area contributed by atoms with Gasteiger partial charge in [-0.05, 0) is 37.1 Å². The van der Waals surface area contributed by atoms with Crippen molar-refractivity contribution in [3.05, 3.63) is 47.7 Å². The average Bonchev–Trinajstić information content (AvgIpc) is 3.23. The molecular formula is C22H28FN5O3. The van der Waals surface area contributed by atoms with Gasteiger partial charge in [-0.2, -0.15) is 0 Å². The zero-order chi connectivity index (χ0) is 22.5. The zero-order valence-corrected chi connectivity index (χ0v) is 18.3. The van der Waals surface area contributed by atoms with Crippen LogP contribution in [0.5, 0.6) is 5.75 Å². The van der Waals surface area contributed by atoms with Gasteiger partial charge in [-0.3, -0.25) is 9.59 Å².